The highest BCUT2D eigenvalue weighted by Crippen LogP contribution is 2.17. The van der Waals surface area contributed by atoms with Crippen molar-refractivity contribution in [1.82, 2.24) is 0 Å². The smallest absolute Gasteiger partial charge is 0.292 e. The van der Waals surface area contributed by atoms with Gasteiger partial charge in [-0.3, -0.25) is 0 Å². The first-order valence-electron chi connectivity index (χ1n) is 5.73. The highest BCUT2D eigenvalue weighted by molar-refractivity contribution is 5.53. The molecule has 0 aromatic heterocycles. The second-order valence-corrected chi connectivity index (χ2v) is 4.18. The molecular formula is C14H16N3O+. The van der Waals surface area contributed by atoms with E-state index in [0.717, 1.165) is 16.2 Å². The number of hydrogen-bond acceptors (Lipinski definition) is 2. The Morgan fingerprint density at radius 2 is 1.56 bits per heavy atom. The van der Waals surface area contributed by atoms with Crippen LogP contribution >= 0.6 is 0 Å². The average molecular weight is 242 g/mol. The topological polar surface area (TPSA) is 35.4 Å². The minimum Gasteiger partial charge on any atom is -0.378 e. The molecule has 2 aromatic rings. The monoisotopic (exact) mass is 242 g/mol. The summed E-state index contributed by atoms with van der Waals surface area (Å²) in [5.41, 5.74) is 5.22. The summed E-state index contributed by atoms with van der Waals surface area (Å²) >= 11 is 0. The van der Waals surface area contributed by atoms with Crippen LogP contribution < -0.4 is 10.3 Å². The number of hydrazine groups is 1. The largest absolute Gasteiger partial charge is 0.378 e. The molecule has 0 amide bonds. The van der Waals surface area contributed by atoms with E-state index in [9.17, 15) is 4.91 Å². The van der Waals surface area contributed by atoms with E-state index in [1.165, 1.54) is 0 Å². The SMILES string of the molecule is CN(C)c1ccc(N[N+](=O)c2ccccc2)cc1. The Hall–Kier alpha value is -2.36. The van der Waals surface area contributed by atoms with E-state index in [-0.39, 0.29) is 0 Å². The summed E-state index contributed by atoms with van der Waals surface area (Å²) in [7, 11) is 3.96. The van der Waals surface area contributed by atoms with Crippen LogP contribution in [0, 0.1) is 4.91 Å². The predicted molar refractivity (Wildman–Crippen MR) is 74.1 cm³/mol. The van der Waals surface area contributed by atoms with Gasteiger partial charge in [0.05, 0.1) is 4.91 Å². The number of anilines is 2. The molecule has 2 rings (SSSR count). The lowest BCUT2D eigenvalue weighted by molar-refractivity contribution is -0.427. The molecule has 4 nitrogen and oxygen atoms in total. The van der Waals surface area contributed by atoms with Gasteiger partial charge >= 0.3 is 0 Å². The van der Waals surface area contributed by atoms with Gasteiger partial charge in [-0.05, 0) is 24.3 Å². The second-order valence-electron chi connectivity index (χ2n) is 4.18. The highest BCUT2D eigenvalue weighted by Gasteiger charge is 2.12. The minimum atomic E-state index is 0.578. The van der Waals surface area contributed by atoms with Crippen molar-refractivity contribution in [1.29, 1.82) is 0 Å². The molecule has 0 atom stereocenters. The van der Waals surface area contributed by atoms with Gasteiger partial charge in [0.1, 0.15) is 5.69 Å². The fraction of sp³-hybridized carbons (Fsp3) is 0.143. The Bertz CT molecular complexity index is 520. The summed E-state index contributed by atoms with van der Waals surface area (Å²) in [6.07, 6.45) is 0. The van der Waals surface area contributed by atoms with Gasteiger partial charge in [0.15, 0.2) is 4.87 Å². The molecule has 1 N–H and O–H groups in total. The fourth-order valence-corrected chi connectivity index (χ4v) is 1.58. The molecule has 0 saturated heterocycles. The predicted octanol–water partition coefficient (Wildman–Crippen LogP) is 3.19. The number of nitrogens with one attached hydrogen (secondary N) is 1. The van der Waals surface area contributed by atoms with Gasteiger partial charge in [0, 0.05) is 31.9 Å². The van der Waals surface area contributed by atoms with Crippen LogP contribution in [0.5, 0.6) is 0 Å². The average Bonchev–Trinajstić information content (AvgIpc) is 2.40. The van der Waals surface area contributed by atoms with Gasteiger partial charge in [-0.15, -0.1) is 5.43 Å². The number of rotatable bonds is 4. The maximum Gasteiger partial charge on any atom is 0.292 e. The number of nitroso groups, excluding NO2 is 1. The van der Waals surface area contributed by atoms with Gasteiger partial charge in [0.25, 0.3) is 5.69 Å². The first-order valence-corrected chi connectivity index (χ1v) is 5.73. The van der Waals surface area contributed by atoms with Gasteiger partial charge < -0.3 is 4.90 Å². The van der Waals surface area contributed by atoms with Gasteiger partial charge in [-0.1, -0.05) is 18.2 Å². The molecule has 0 aliphatic heterocycles. The minimum absolute atomic E-state index is 0.578. The van der Waals surface area contributed by atoms with E-state index >= 15 is 0 Å². The summed E-state index contributed by atoms with van der Waals surface area (Å²) in [6, 6.07) is 16.7. The molecule has 0 aliphatic carbocycles. The van der Waals surface area contributed by atoms with Gasteiger partial charge in [0.2, 0.25) is 0 Å². The summed E-state index contributed by atoms with van der Waals surface area (Å²) in [6.45, 7) is 0. The Morgan fingerprint density at radius 3 is 2.11 bits per heavy atom. The van der Waals surface area contributed by atoms with E-state index in [1.54, 1.807) is 12.1 Å². The molecule has 0 heterocycles. The quantitative estimate of drug-likeness (QED) is 0.660. The van der Waals surface area contributed by atoms with Crippen LogP contribution in [0.1, 0.15) is 0 Å². The van der Waals surface area contributed by atoms with E-state index in [1.807, 2.05) is 61.5 Å². The number of hydrogen-bond donors (Lipinski definition) is 1. The number of benzene rings is 2. The van der Waals surface area contributed by atoms with Crippen molar-refractivity contribution < 1.29 is 4.87 Å². The molecule has 0 bridgehead atoms. The normalized spacial score (nSPS) is 9.89. The lowest BCUT2D eigenvalue weighted by atomic mass is 10.3. The zero-order chi connectivity index (χ0) is 13.0. The third-order valence-corrected chi connectivity index (χ3v) is 2.61. The molecule has 4 heteroatoms. The van der Waals surface area contributed by atoms with Crippen LogP contribution in [0.25, 0.3) is 0 Å². The van der Waals surface area contributed by atoms with Crippen molar-refractivity contribution in [3.8, 4) is 0 Å². The third-order valence-electron chi connectivity index (χ3n) is 2.61. The van der Waals surface area contributed by atoms with E-state index in [2.05, 4.69) is 5.43 Å². The molecule has 0 fully saturated rings. The Balaban J connectivity index is 2.08. The van der Waals surface area contributed by atoms with Gasteiger partial charge in [-0.25, -0.2) is 0 Å². The summed E-state index contributed by atoms with van der Waals surface area (Å²) < 4.78 is 0. The Kier molecular flexibility index (Phi) is 3.57. The summed E-state index contributed by atoms with van der Waals surface area (Å²) in [4.78, 5) is 14.6. The second kappa shape index (κ2) is 5.31. The van der Waals surface area contributed by atoms with Gasteiger partial charge in [-0.2, -0.15) is 0 Å². The lowest BCUT2D eigenvalue weighted by Gasteiger charge is -2.11. The van der Waals surface area contributed by atoms with E-state index < -0.39 is 0 Å². The Labute approximate surface area is 106 Å². The number of para-hydroxylation sites is 1. The molecule has 0 spiro atoms. The van der Waals surface area contributed by atoms with Crippen LogP contribution in [0.3, 0.4) is 0 Å². The molecular weight excluding hydrogens is 226 g/mol. The maximum atomic E-state index is 11.8. The van der Waals surface area contributed by atoms with Crippen molar-refractivity contribution in [3.05, 3.63) is 59.5 Å². The lowest BCUT2D eigenvalue weighted by Crippen LogP contribution is -2.11. The number of nitrogens with zero attached hydrogens (tertiary/aromatic N) is 2. The molecule has 0 radical (unpaired) electrons. The van der Waals surface area contributed by atoms with Crippen LogP contribution in [-0.4, -0.2) is 19.0 Å². The van der Waals surface area contributed by atoms with E-state index in [0.29, 0.717) is 5.69 Å². The summed E-state index contributed by atoms with van der Waals surface area (Å²) in [5.74, 6) is 0. The van der Waals surface area contributed by atoms with Crippen LogP contribution in [-0.2, 0) is 0 Å². The van der Waals surface area contributed by atoms with Crippen molar-refractivity contribution >= 4 is 17.1 Å². The molecule has 2 aromatic carbocycles. The Morgan fingerprint density at radius 1 is 0.944 bits per heavy atom. The maximum absolute atomic E-state index is 11.8. The van der Waals surface area contributed by atoms with Crippen LogP contribution in [0.2, 0.25) is 0 Å². The standard InChI is InChI=1S/C14H16N3O/c1-16(2)13-10-8-12(9-11-13)15-17(18)14-6-4-3-5-7-14/h3-11H,1-2H3,(H,15,18)/q+1. The van der Waals surface area contributed by atoms with Crippen LogP contribution in [0.4, 0.5) is 17.1 Å². The summed E-state index contributed by atoms with van der Waals surface area (Å²) in [5, 5.41) is 0. The van der Waals surface area contributed by atoms with Crippen LogP contribution in [0.15, 0.2) is 54.6 Å². The molecule has 0 aliphatic rings. The van der Waals surface area contributed by atoms with Crippen molar-refractivity contribution in [2.75, 3.05) is 24.4 Å². The molecule has 0 unspecified atom stereocenters. The first kappa shape index (κ1) is 12.1. The first-order chi connectivity index (χ1) is 8.66. The zero-order valence-electron chi connectivity index (χ0n) is 10.5. The molecule has 92 valence electrons. The van der Waals surface area contributed by atoms with Crippen molar-refractivity contribution in [2.24, 2.45) is 0 Å². The fourth-order valence-electron chi connectivity index (χ4n) is 1.58. The molecule has 18 heavy (non-hydrogen) atoms. The molecule has 0 saturated carbocycles. The van der Waals surface area contributed by atoms with Crippen molar-refractivity contribution in [2.45, 2.75) is 0 Å². The highest BCUT2D eigenvalue weighted by atomic mass is 16.3. The van der Waals surface area contributed by atoms with E-state index in [4.69, 9.17) is 0 Å². The zero-order valence-corrected chi connectivity index (χ0v) is 10.5. The van der Waals surface area contributed by atoms with Crippen molar-refractivity contribution in [3.63, 3.8) is 0 Å². The third kappa shape index (κ3) is 2.85.